The molecule has 134 valence electrons. The standard InChI is InChI=1S/C20H10Cl2INO3/c21-12-3-7-16(22)15(9-12)18-8-6-14(26-18)10-17-20(25)27-19(24-17)11-1-4-13(23)5-2-11/h1-10H/b17-10-. The highest BCUT2D eigenvalue weighted by Crippen LogP contribution is 2.32. The van der Waals surface area contributed by atoms with E-state index in [1.165, 1.54) is 6.08 Å². The molecule has 0 fully saturated rings. The molecule has 4 nitrogen and oxygen atoms in total. The SMILES string of the molecule is O=C1OC(c2ccc(I)cc2)=N/C1=C\c1ccc(-c2cc(Cl)ccc2Cl)o1. The number of nitrogens with zero attached hydrogens (tertiary/aromatic N) is 1. The number of rotatable bonds is 3. The highest BCUT2D eigenvalue weighted by atomic mass is 127. The zero-order chi connectivity index (χ0) is 19.0. The van der Waals surface area contributed by atoms with E-state index in [1.807, 2.05) is 24.3 Å². The Bertz CT molecular complexity index is 1100. The van der Waals surface area contributed by atoms with Gasteiger partial charge in [0.05, 0.1) is 5.02 Å². The van der Waals surface area contributed by atoms with E-state index in [2.05, 4.69) is 27.6 Å². The van der Waals surface area contributed by atoms with Gasteiger partial charge in [-0.15, -0.1) is 0 Å². The molecule has 0 radical (unpaired) electrons. The van der Waals surface area contributed by atoms with Gasteiger partial charge in [0.15, 0.2) is 5.70 Å². The molecule has 1 aliphatic heterocycles. The second-order valence-corrected chi connectivity index (χ2v) is 7.76. The summed E-state index contributed by atoms with van der Waals surface area (Å²) in [4.78, 5) is 16.4. The first-order chi connectivity index (χ1) is 13.0. The van der Waals surface area contributed by atoms with Crippen molar-refractivity contribution in [1.82, 2.24) is 0 Å². The van der Waals surface area contributed by atoms with Crippen LogP contribution in [0.1, 0.15) is 11.3 Å². The van der Waals surface area contributed by atoms with Gasteiger partial charge in [0.2, 0.25) is 5.90 Å². The first-order valence-electron chi connectivity index (χ1n) is 7.83. The van der Waals surface area contributed by atoms with E-state index < -0.39 is 5.97 Å². The number of furan rings is 1. The predicted molar refractivity (Wildman–Crippen MR) is 114 cm³/mol. The molecule has 1 aromatic heterocycles. The minimum absolute atomic E-state index is 0.168. The van der Waals surface area contributed by atoms with Crippen molar-refractivity contribution in [2.24, 2.45) is 4.99 Å². The van der Waals surface area contributed by atoms with Crippen LogP contribution in [0.3, 0.4) is 0 Å². The van der Waals surface area contributed by atoms with Crippen molar-refractivity contribution in [3.63, 3.8) is 0 Å². The molecule has 0 bridgehead atoms. The maximum atomic E-state index is 12.1. The number of esters is 1. The molecule has 2 aromatic carbocycles. The molecule has 0 saturated heterocycles. The Balaban J connectivity index is 1.64. The fourth-order valence-corrected chi connectivity index (χ4v) is 3.26. The molecule has 2 heterocycles. The van der Waals surface area contributed by atoms with E-state index in [0.717, 1.165) is 9.13 Å². The van der Waals surface area contributed by atoms with Crippen LogP contribution >= 0.6 is 45.8 Å². The Labute approximate surface area is 178 Å². The van der Waals surface area contributed by atoms with E-state index in [0.29, 0.717) is 27.1 Å². The predicted octanol–water partition coefficient (Wildman–Crippen LogP) is 6.20. The number of cyclic esters (lactones) is 1. The minimum atomic E-state index is -0.526. The number of hydrogen-bond acceptors (Lipinski definition) is 4. The molecule has 27 heavy (non-hydrogen) atoms. The first-order valence-corrected chi connectivity index (χ1v) is 9.67. The van der Waals surface area contributed by atoms with Gasteiger partial charge in [0.25, 0.3) is 0 Å². The summed E-state index contributed by atoms with van der Waals surface area (Å²) in [5.74, 6) is 0.748. The molecule has 0 aliphatic carbocycles. The number of ether oxygens (including phenoxy) is 1. The lowest BCUT2D eigenvalue weighted by atomic mass is 10.2. The zero-order valence-electron chi connectivity index (χ0n) is 13.6. The van der Waals surface area contributed by atoms with Gasteiger partial charge in [-0.1, -0.05) is 23.2 Å². The van der Waals surface area contributed by atoms with Crippen LogP contribution in [-0.2, 0) is 9.53 Å². The molecule has 4 rings (SSSR count). The lowest BCUT2D eigenvalue weighted by Crippen LogP contribution is -2.05. The lowest BCUT2D eigenvalue weighted by Gasteiger charge is -2.01. The summed E-state index contributed by atoms with van der Waals surface area (Å²) in [5.41, 5.74) is 1.57. The minimum Gasteiger partial charge on any atom is -0.457 e. The number of hydrogen-bond donors (Lipinski definition) is 0. The molecule has 0 atom stereocenters. The van der Waals surface area contributed by atoms with Crippen molar-refractivity contribution >= 4 is 63.7 Å². The van der Waals surface area contributed by atoms with E-state index >= 15 is 0 Å². The van der Waals surface area contributed by atoms with E-state index in [4.69, 9.17) is 32.4 Å². The van der Waals surface area contributed by atoms with Gasteiger partial charge in [-0.25, -0.2) is 9.79 Å². The van der Waals surface area contributed by atoms with Gasteiger partial charge in [0.1, 0.15) is 11.5 Å². The summed E-state index contributed by atoms with van der Waals surface area (Å²) in [6.07, 6.45) is 1.53. The van der Waals surface area contributed by atoms with Gasteiger partial charge < -0.3 is 9.15 Å². The molecule has 0 saturated carbocycles. The van der Waals surface area contributed by atoms with Crippen LogP contribution in [0.2, 0.25) is 10.0 Å². The summed E-state index contributed by atoms with van der Waals surface area (Å²) in [7, 11) is 0. The fourth-order valence-electron chi connectivity index (χ4n) is 2.52. The summed E-state index contributed by atoms with van der Waals surface area (Å²) < 4.78 is 12.1. The zero-order valence-corrected chi connectivity index (χ0v) is 17.2. The van der Waals surface area contributed by atoms with Crippen molar-refractivity contribution in [1.29, 1.82) is 0 Å². The summed E-state index contributed by atoms with van der Waals surface area (Å²) in [5, 5.41) is 1.07. The third-order valence-corrected chi connectivity index (χ3v) is 5.10. The maximum absolute atomic E-state index is 12.1. The molecule has 1 aliphatic rings. The number of carbonyl (C=O) groups excluding carboxylic acids is 1. The largest absolute Gasteiger partial charge is 0.457 e. The van der Waals surface area contributed by atoms with Crippen molar-refractivity contribution in [3.05, 3.63) is 85.2 Å². The average molecular weight is 510 g/mol. The molecule has 0 spiro atoms. The molecule has 0 N–H and O–H groups in total. The van der Waals surface area contributed by atoms with Crippen molar-refractivity contribution in [2.75, 3.05) is 0 Å². The van der Waals surface area contributed by atoms with E-state index in [-0.39, 0.29) is 11.6 Å². The summed E-state index contributed by atoms with van der Waals surface area (Å²) in [6.45, 7) is 0. The van der Waals surface area contributed by atoms with Crippen LogP contribution in [0.25, 0.3) is 17.4 Å². The van der Waals surface area contributed by atoms with Crippen molar-refractivity contribution < 1.29 is 13.9 Å². The molecule has 3 aromatic rings. The Morgan fingerprint density at radius 1 is 1.00 bits per heavy atom. The van der Waals surface area contributed by atoms with E-state index in [9.17, 15) is 4.79 Å². The highest BCUT2D eigenvalue weighted by Gasteiger charge is 2.24. The molecular weight excluding hydrogens is 500 g/mol. The Morgan fingerprint density at radius 2 is 1.78 bits per heavy atom. The normalized spacial score (nSPS) is 15.1. The van der Waals surface area contributed by atoms with Crippen LogP contribution in [0.4, 0.5) is 0 Å². The first kappa shape index (κ1) is 18.3. The van der Waals surface area contributed by atoms with Crippen LogP contribution in [0, 0.1) is 3.57 Å². The third-order valence-electron chi connectivity index (χ3n) is 3.81. The molecular formula is C20H10Cl2INO3. The lowest BCUT2D eigenvalue weighted by molar-refractivity contribution is -0.129. The van der Waals surface area contributed by atoms with Crippen LogP contribution in [0.15, 0.2) is 69.7 Å². The highest BCUT2D eigenvalue weighted by molar-refractivity contribution is 14.1. The fraction of sp³-hybridized carbons (Fsp3) is 0. The quantitative estimate of drug-likeness (QED) is 0.240. The maximum Gasteiger partial charge on any atom is 0.363 e. The Hall–Kier alpha value is -2.09. The van der Waals surface area contributed by atoms with Crippen LogP contribution in [-0.4, -0.2) is 11.9 Å². The summed E-state index contributed by atoms with van der Waals surface area (Å²) >= 11 is 14.4. The number of halogens is 3. The van der Waals surface area contributed by atoms with Crippen molar-refractivity contribution in [2.45, 2.75) is 0 Å². The monoisotopic (exact) mass is 509 g/mol. The van der Waals surface area contributed by atoms with Crippen LogP contribution in [0.5, 0.6) is 0 Å². The van der Waals surface area contributed by atoms with Gasteiger partial charge in [-0.05, 0) is 77.2 Å². The number of aliphatic imine (C=N–C) groups is 1. The van der Waals surface area contributed by atoms with Gasteiger partial charge in [-0.2, -0.15) is 0 Å². The third kappa shape index (κ3) is 3.95. The van der Waals surface area contributed by atoms with Gasteiger partial charge >= 0.3 is 5.97 Å². The number of carbonyl (C=O) groups is 1. The summed E-state index contributed by atoms with van der Waals surface area (Å²) in [6, 6.07) is 16.1. The molecule has 0 unspecified atom stereocenters. The molecule has 7 heteroatoms. The van der Waals surface area contributed by atoms with Crippen LogP contribution < -0.4 is 0 Å². The second kappa shape index (κ2) is 7.50. The Morgan fingerprint density at radius 3 is 2.56 bits per heavy atom. The van der Waals surface area contributed by atoms with E-state index in [1.54, 1.807) is 30.3 Å². The molecule has 0 amide bonds. The van der Waals surface area contributed by atoms with Gasteiger partial charge in [-0.3, -0.25) is 0 Å². The van der Waals surface area contributed by atoms with Gasteiger partial charge in [0, 0.05) is 25.8 Å². The second-order valence-electron chi connectivity index (χ2n) is 5.67. The Kier molecular flexibility index (Phi) is 5.08. The van der Waals surface area contributed by atoms with Crippen molar-refractivity contribution in [3.8, 4) is 11.3 Å². The smallest absolute Gasteiger partial charge is 0.363 e. The average Bonchev–Trinajstić information content (AvgIpc) is 3.25. The number of benzene rings is 2. The topological polar surface area (TPSA) is 51.8 Å².